The molecule has 1 aliphatic rings. The van der Waals surface area contributed by atoms with Gasteiger partial charge in [0, 0.05) is 4.47 Å². The molecule has 0 radical (unpaired) electrons. The number of halogens is 1. The number of benzene rings is 2. The topological polar surface area (TPSA) is 49.4 Å². The Bertz CT molecular complexity index is 797. The Hall–Kier alpha value is -2.40. The summed E-state index contributed by atoms with van der Waals surface area (Å²) in [5.74, 6) is -0.304. The van der Waals surface area contributed by atoms with Crippen LogP contribution in [0.5, 0.6) is 0 Å². The van der Waals surface area contributed by atoms with Gasteiger partial charge in [-0.2, -0.15) is 0 Å². The summed E-state index contributed by atoms with van der Waals surface area (Å²) >= 11 is 3.37. The molecule has 2 aromatic rings. The van der Waals surface area contributed by atoms with Crippen molar-refractivity contribution < 1.29 is 9.59 Å². The van der Waals surface area contributed by atoms with Gasteiger partial charge in [0.25, 0.3) is 5.91 Å². The van der Waals surface area contributed by atoms with E-state index in [-0.39, 0.29) is 12.5 Å². The highest BCUT2D eigenvalue weighted by Gasteiger charge is 2.33. The van der Waals surface area contributed by atoms with Gasteiger partial charge in [0.15, 0.2) is 0 Å². The number of hydrogen-bond donors (Lipinski definition) is 1. The van der Waals surface area contributed by atoms with Crippen LogP contribution in [-0.4, -0.2) is 16.8 Å². The van der Waals surface area contributed by atoms with Crippen molar-refractivity contribution in [2.75, 3.05) is 0 Å². The Labute approximate surface area is 142 Å². The highest BCUT2D eigenvalue weighted by atomic mass is 79.9. The Balaban J connectivity index is 1.82. The number of imide groups is 1. The van der Waals surface area contributed by atoms with E-state index in [2.05, 4.69) is 21.2 Å². The molecule has 0 atom stereocenters. The van der Waals surface area contributed by atoms with Crippen molar-refractivity contribution in [1.82, 2.24) is 10.2 Å². The summed E-state index contributed by atoms with van der Waals surface area (Å²) in [4.78, 5) is 25.8. The maximum atomic E-state index is 12.5. The van der Waals surface area contributed by atoms with Crippen molar-refractivity contribution in [2.24, 2.45) is 0 Å². The van der Waals surface area contributed by atoms with Crippen molar-refractivity contribution in [3.63, 3.8) is 0 Å². The molecule has 2 aromatic carbocycles. The second-order valence-electron chi connectivity index (χ2n) is 5.36. The van der Waals surface area contributed by atoms with Crippen molar-refractivity contribution in [3.05, 3.63) is 75.4 Å². The average Bonchev–Trinajstić information content (AvgIpc) is 2.79. The summed E-state index contributed by atoms with van der Waals surface area (Å²) in [6.45, 7) is 2.22. The summed E-state index contributed by atoms with van der Waals surface area (Å²) in [5.41, 5.74) is 3.17. The number of amides is 3. The number of hydrogen-bond acceptors (Lipinski definition) is 2. The molecule has 0 bridgehead atoms. The van der Waals surface area contributed by atoms with Gasteiger partial charge in [-0.3, -0.25) is 9.69 Å². The highest BCUT2D eigenvalue weighted by Crippen LogP contribution is 2.19. The van der Waals surface area contributed by atoms with E-state index in [1.165, 1.54) is 4.90 Å². The number of carbonyl (C=O) groups excluding carboxylic acids is 2. The minimum absolute atomic E-state index is 0.253. The highest BCUT2D eigenvalue weighted by molar-refractivity contribution is 9.10. The fourth-order valence-corrected chi connectivity index (χ4v) is 2.66. The molecular formula is C18H15BrN2O2. The van der Waals surface area contributed by atoms with E-state index in [0.29, 0.717) is 5.70 Å². The van der Waals surface area contributed by atoms with Gasteiger partial charge in [0.2, 0.25) is 0 Å². The lowest BCUT2D eigenvalue weighted by Gasteiger charge is -2.11. The van der Waals surface area contributed by atoms with Crippen LogP contribution in [-0.2, 0) is 11.3 Å². The summed E-state index contributed by atoms with van der Waals surface area (Å²) < 4.78 is 0.957. The maximum Gasteiger partial charge on any atom is 0.329 e. The van der Waals surface area contributed by atoms with Crippen LogP contribution in [0.25, 0.3) is 6.08 Å². The predicted octanol–water partition coefficient (Wildman–Crippen LogP) is 3.85. The van der Waals surface area contributed by atoms with Gasteiger partial charge in [-0.1, -0.05) is 52.3 Å². The lowest BCUT2D eigenvalue weighted by molar-refractivity contribution is -0.123. The van der Waals surface area contributed by atoms with Gasteiger partial charge in [-0.15, -0.1) is 0 Å². The fourth-order valence-electron chi connectivity index (χ4n) is 2.39. The number of aryl methyl sites for hydroxylation is 1. The van der Waals surface area contributed by atoms with Gasteiger partial charge in [-0.05, 0) is 41.8 Å². The molecule has 0 spiro atoms. The molecule has 23 heavy (non-hydrogen) atoms. The molecule has 1 saturated heterocycles. The Kier molecular flexibility index (Phi) is 4.30. The average molecular weight is 371 g/mol. The van der Waals surface area contributed by atoms with Crippen LogP contribution in [0, 0.1) is 6.92 Å². The minimum Gasteiger partial charge on any atom is -0.303 e. The first-order valence-corrected chi connectivity index (χ1v) is 7.98. The molecule has 4 nitrogen and oxygen atoms in total. The van der Waals surface area contributed by atoms with E-state index in [9.17, 15) is 9.59 Å². The third-order valence-corrected chi connectivity index (χ3v) is 4.23. The van der Waals surface area contributed by atoms with Crippen LogP contribution in [0.4, 0.5) is 4.79 Å². The lowest BCUT2D eigenvalue weighted by Crippen LogP contribution is -2.30. The number of nitrogens with zero attached hydrogens (tertiary/aromatic N) is 1. The maximum absolute atomic E-state index is 12.5. The van der Waals surface area contributed by atoms with Crippen LogP contribution >= 0.6 is 15.9 Å². The largest absolute Gasteiger partial charge is 0.329 e. The first-order chi connectivity index (χ1) is 11.0. The van der Waals surface area contributed by atoms with Gasteiger partial charge in [0.1, 0.15) is 5.70 Å². The second kappa shape index (κ2) is 6.38. The van der Waals surface area contributed by atoms with E-state index in [1.54, 1.807) is 6.08 Å². The lowest BCUT2D eigenvalue weighted by atomic mass is 10.1. The Morgan fingerprint density at radius 2 is 1.78 bits per heavy atom. The fraction of sp³-hybridized carbons (Fsp3) is 0.111. The first kappa shape index (κ1) is 15.5. The molecule has 1 N–H and O–H groups in total. The molecule has 5 heteroatoms. The van der Waals surface area contributed by atoms with Crippen molar-refractivity contribution in [3.8, 4) is 0 Å². The summed E-state index contributed by atoms with van der Waals surface area (Å²) in [5, 5.41) is 2.65. The van der Waals surface area contributed by atoms with Gasteiger partial charge >= 0.3 is 6.03 Å². The van der Waals surface area contributed by atoms with Crippen molar-refractivity contribution in [1.29, 1.82) is 0 Å². The molecule has 0 unspecified atom stereocenters. The minimum atomic E-state index is -0.391. The monoisotopic (exact) mass is 370 g/mol. The number of rotatable bonds is 3. The SMILES string of the molecule is Cc1ccccc1C=C1NC(=O)N(Cc2ccc(Br)cc2)C1=O. The third kappa shape index (κ3) is 3.35. The van der Waals surface area contributed by atoms with E-state index >= 15 is 0 Å². The van der Waals surface area contributed by atoms with Crippen LogP contribution in [0.2, 0.25) is 0 Å². The Morgan fingerprint density at radius 3 is 2.48 bits per heavy atom. The van der Waals surface area contributed by atoms with E-state index in [4.69, 9.17) is 0 Å². The van der Waals surface area contributed by atoms with E-state index < -0.39 is 6.03 Å². The third-order valence-electron chi connectivity index (χ3n) is 3.70. The molecular weight excluding hydrogens is 356 g/mol. The second-order valence-corrected chi connectivity index (χ2v) is 6.28. The zero-order valence-corrected chi connectivity index (χ0v) is 14.1. The van der Waals surface area contributed by atoms with Gasteiger partial charge < -0.3 is 5.32 Å². The van der Waals surface area contributed by atoms with Crippen molar-refractivity contribution in [2.45, 2.75) is 13.5 Å². The number of urea groups is 1. The molecule has 0 aliphatic carbocycles. The smallest absolute Gasteiger partial charge is 0.303 e. The molecule has 3 amide bonds. The number of nitrogens with one attached hydrogen (secondary N) is 1. The van der Waals surface area contributed by atoms with E-state index in [1.807, 2.05) is 55.5 Å². The molecule has 3 rings (SSSR count). The summed E-state index contributed by atoms with van der Waals surface area (Å²) in [6, 6.07) is 14.9. The van der Waals surface area contributed by atoms with E-state index in [0.717, 1.165) is 21.2 Å². The number of carbonyl (C=O) groups is 2. The normalized spacial score (nSPS) is 16.1. The van der Waals surface area contributed by atoms with Crippen LogP contribution in [0.1, 0.15) is 16.7 Å². The summed E-state index contributed by atoms with van der Waals surface area (Å²) in [7, 11) is 0. The molecule has 116 valence electrons. The molecule has 1 fully saturated rings. The first-order valence-electron chi connectivity index (χ1n) is 7.19. The van der Waals surface area contributed by atoms with Crippen LogP contribution in [0.15, 0.2) is 58.7 Å². The standard InChI is InChI=1S/C18H15BrN2O2/c1-12-4-2-3-5-14(12)10-16-17(22)21(18(23)20-16)11-13-6-8-15(19)9-7-13/h2-10H,11H2,1H3,(H,20,23). The van der Waals surface area contributed by atoms with Crippen molar-refractivity contribution >= 4 is 33.9 Å². The van der Waals surface area contributed by atoms with Crippen LogP contribution < -0.4 is 5.32 Å². The molecule has 0 saturated carbocycles. The predicted molar refractivity (Wildman–Crippen MR) is 92.4 cm³/mol. The summed E-state index contributed by atoms with van der Waals surface area (Å²) in [6.07, 6.45) is 1.72. The molecule has 0 aromatic heterocycles. The zero-order valence-electron chi connectivity index (χ0n) is 12.5. The molecule has 1 aliphatic heterocycles. The quantitative estimate of drug-likeness (QED) is 0.658. The van der Waals surface area contributed by atoms with Crippen LogP contribution in [0.3, 0.4) is 0 Å². The van der Waals surface area contributed by atoms with Gasteiger partial charge in [0.05, 0.1) is 6.54 Å². The zero-order chi connectivity index (χ0) is 16.4. The molecule has 1 heterocycles. The van der Waals surface area contributed by atoms with Gasteiger partial charge in [-0.25, -0.2) is 4.79 Å². The Morgan fingerprint density at radius 1 is 1.09 bits per heavy atom.